The normalized spacial score (nSPS) is 24.4. The SMILES string of the molecule is [N-]=[N+]=NCOC1C[C@H](n2cnc3c(=O)[nH]cnc32)O[C@@H]1COP(=O)(O)OP(=O)(O)OP(=O)(O)O. The van der Waals surface area contributed by atoms with Gasteiger partial charge in [-0.1, -0.05) is 5.11 Å². The first-order valence-corrected chi connectivity index (χ1v) is 13.3. The molecule has 0 aromatic carbocycles. The maximum atomic E-state index is 12.0. The van der Waals surface area contributed by atoms with Crippen LogP contribution in [-0.2, 0) is 36.3 Å². The van der Waals surface area contributed by atoms with E-state index < -0.39 is 60.8 Å². The molecule has 2 aromatic rings. The van der Waals surface area contributed by atoms with Gasteiger partial charge in [-0.2, -0.15) is 8.62 Å². The van der Waals surface area contributed by atoms with E-state index in [0.717, 1.165) is 6.33 Å². The number of nitrogens with zero attached hydrogens (tertiary/aromatic N) is 6. The Morgan fingerprint density at radius 3 is 2.65 bits per heavy atom. The minimum atomic E-state index is -5.70. The predicted molar refractivity (Wildman–Crippen MR) is 105 cm³/mol. The van der Waals surface area contributed by atoms with Crippen molar-refractivity contribution in [1.82, 2.24) is 19.5 Å². The number of ether oxygens (including phenoxy) is 2. The van der Waals surface area contributed by atoms with Crippen molar-refractivity contribution in [2.45, 2.75) is 24.9 Å². The second-order valence-electron chi connectivity index (χ2n) is 6.37. The van der Waals surface area contributed by atoms with E-state index in [0.29, 0.717) is 0 Å². The molecule has 1 aliphatic heterocycles. The van der Waals surface area contributed by atoms with Crippen molar-refractivity contribution in [2.24, 2.45) is 5.11 Å². The van der Waals surface area contributed by atoms with Crippen molar-refractivity contribution in [2.75, 3.05) is 13.3 Å². The van der Waals surface area contributed by atoms with E-state index in [2.05, 4.69) is 38.1 Å². The van der Waals surface area contributed by atoms with Crippen LogP contribution in [0, 0.1) is 0 Å². The van der Waals surface area contributed by atoms with Gasteiger partial charge < -0.3 is 34.0 Å². The number of rotatable bonds is 11. The van der Waals surface area contributed by atoms with Crippen molar-refractivity contribution in [3.05, 3.63) is 33.5 Å². The number of hydrogen-bond donors (Lipinski definition) is 5. The van der Waals surface area contributed by atoms with Crippen molar-refractivity contribution in [3.63, 3.8) is 0 Å². The molecule has 1 saturated heterocycles. The van der Waals surface area contributed by atoms with Gasteiger partial charge in [0.05, 0.1) is 25.4 Å². The summed E-state index contributed by atoms with van der Waals surface area (Å²) >= 11 is 0. The molecule has 0 aliphatic carbocycles. The Hall–Kier alpha value is -2.01. The van der Waals surface area contributed by atoms with Crippen LogP contribution in [0.3, 0.4) is 0 Å². The molecule has 5 N–H and O–H groups in total. The van der Waals surface area contributed by atoms with Crippen LogP contribution < -0.4 is 5.56 Å². The van der Waals surface area contributed by atoms with Gasteiger partial charge in [0.2, 0.25) is 0 Å². The summed E-state index contributed by atoms with van der Waals surface area (Å²) in [5.41, 5.74) is 8.06. The van der Waals surface area contributed by atoms with Crippen LogP contribution >= 0.6 is 23.5 Å². The predicted octanol–water partition coefficient (Wildman–Crippen LogP) is 0.403. The summed E-state index contributed by atoms with van der Waals surface area (Å²) in [5, 5.41) is 3.21. The van der Waals surface area contributed by atoms with Gasteiger partial charge in [0.1, 0.15) is 19.1 Å². The average molecular weight is 547 g/mol. The zero-order valence-corrected chi connectivity index (χ0v) is 19.2. The first-order valence-electron chi connectivity index (χ1n) is 8.77. The molecule has 1 aliphatic rings. The van der Waals surface area contributed by atoms with Crippen LogP contribution in [0.2, 0.25) is 0 Å². The lowest BCUT2D eigenvalue weighted by atomic mass is 10.2. The number of nitrogens with one attached hydrogen (secondary N) is 1. The summed E-state index contributed by atoms with van der Waals surface area (Å²) < 4.78 is 58.5. The van der Waals surface area contributed by atoms with Gasteiger partial charge in [-0.05, 0) is 5.53 Å². The highest BCUT2D eigenvalue weighted by Gasteiger charge is 2.43. The maximum Gasteiger partial charge on any atom is 0.490 e. The number of phosphoric acid groups is 3. The number of hydrogen-bond acceptors (Lipinski definition) is 12. The minimum Gasteiger partial charge on any atom is -0.369 e. The van der Waals surface area contributed by atoms with Crippen molar-refractivity contribution < 1.29 is 55.9 Å². The van der Waals surface area contributed by atoms with Crippen LogP contribution in [0.15, 0.2) is 22.6 Å². The molecule has 2 aromatic heterocycles. The van der Waals surface area contributed by atoms with Gasteiger partial charge in [0.25, 0.3) is 5.56 Å². The van der Waals surface area contributed by atoms with Crippen molar-refractivity contribution >= 4 is 34.6 Å². The monoisotopic (exact) mass is 547 g/mol. The Kier molecular flexibility index (Phi) is 8.07. The molecule has 0 radical (unpaired) electrons. The quantitative estimate of drug-likeness (QED) is 0.110. The van der Waals surface area contributed by atoms with Crippen molar-refractivity contribution in [3.8, 4) is 0 Å². The zero-order valence-electron chi connectivity index (χ0n) is 16.5. The van der Waals surface area contributed by atoms with E-state index in [1.54, 1.807) is 0 Å². The van der Waals surface area contributed by atoms with Crippen molar-refractivity contribution in [1.29, 1.82) is 0 Å². The molecule has 0 amide bonds. The minimum absolute atomic E-state index is 0.00867. The van der Waals surface area contributed by atoms with Gasteiger partial charge in [-0.15, -0.1) is 0 Å². The first-order chi connectivity index (χ1) is 15.8. The topological polar surface area (TPSA) is 291 Å². The molecular formula is C11H16N7O13P3. The standard InChI is InChI=1S/C11H16N7O13P3/c12-17-16-5-27-6-1-8(18-4-15-9-10(18)13-3-14-11(9)19)29-7(6)2-28-33(23,24)31-34(25,26)30-32(20,21)22/h3-4,6-8H,1-2,5H2,(H,23,24)(H,25,26)(H,13,14,19)(H2,20,21,22)/t6?,7-,8-/m1/s1. The summed E-state index contributed by atoms with van der Waals surface area (Å²) in [6.07, 6.45) is -0.548. The molecule has 3 unspecified atom stereocenters. The highest BCUT2D eigenvalue weighted by molar-refractivity contribution is 7.66. The maximum absolute atomic E-state index is 12.0. The van der Waals surface area contributed by atoms with E-state index in [-0.39, 0.29) is 17.6 Å². The molecule has 5 atom stereocenters. The molecule has 1 fully saturated rings. The molecule has 3 heterocycles. The number of fused-ring (bicyclic) bond motifs is 1. The fraction of sp³-hybridized carbons (Fsp3) is 0.545. The third-order valence-corrected chi connectivity index (χ3v) is 7.89. The highest BCUT2D eigenvalue weighted by Crippen LogP contribution is 2.66. The first kappa shape index (κ1) is 26.6. The molecule has 23 heteroatoms. The lowest BCUT2D eigenvalue weighted by molar-refractivity contribution is -0.0583. The fourth-order valence-electron chi connectivity index (χ4n) is 2.90. The Balaban J connectivity index is 1.74. The van der Waals surface area contributed by atoms with Gasteiger partial charge in [-0.25, -0.2) is 23.7 Å². The van der Waals surface area contributed by atoms with E-state index in [1.165, 1.54) is 10.9 Å². The number of H-pyrrole nitrogens is 1. The van der Waals surface area contributed by atoms with Gasteiger partial charge in [0, 0.05) is 11.3 Å². The lowest BCUT2D eigenvalue weighted by Crippen LogP contribution is -2.29. The number of azide groups is 1. The summed E-state index contributed by atoms with van der Waals surface area (Å²) in [6.45, 7) is -1.26. The molecule has 34 heavy (non-hydrogen) atoms. The van der Waals surface area contributed by atoms with Crippen LogP contribution in [-0.4, -0.2) is 64.6 Å². The Morgan fingerprint density at radius 2 is 1.97 bits per heavy atom. The average Bonchev–Trinajstić information content (AvgIpc) is 3.28. The van der Waals surface area contributed by atoms with Crippen LogP contribution in [0.4, 0.5) is 0 Å². The summed E-state index contributed by atoms with van der Waals surface area (Å²) in [5.74, 6) is 0. The Morgan fingerprint density at radius 1 is 1.24 bits per heavy atom. The highest BCUT2D eigenvalue weighted by atomic mass is 31.3. The second-order valence-corrected chi connectivity index (χ2v) is 10.8. The van der Waals surface area contributed by atoms with Gasteiger partial charge in [-0.3, -0.25) is 13.9 Å². The Bertz CT molecular complexity index is 1280. The van der Waals surface area contributed by atoms with E-state index >= 15 is 0 Å². The number of aromatic nitrogens is 4. The summed E-state index contributed by atoms with van der Waals surface area (Å²) in [7, 11) is -16.7. The summed E-state index contributed by atoms with van der Waals surface area (Å²) in [4.78, 5) is 60.7. The molecule has 188 valence electrons. The number of imidazole rings is 1. The lowest BCUT2D eigenvalue weighted by Gasteiger charge is -2.20. The zero-order chi connectivity index (χ0) is 25.1. The Labute approximate surface area is 187 Å². The third kappa shape index (κ3) is 7.00. The van der Waals surface area contributed by atoms with Gasteiger partial charge in [0.15, 0.2) is 11.2 Å². The van der Waals surface area contributed by atoms with E-state index in [9.17, 15) is 28.3 Å². The molecule has 0 saturated carbocycles. The third-order valence-electron chi connectivity index (χ3n) is 4.08. The van der Waals surface area contributed by atoms with Crippen LogP contribution in [0.5, 0.6) is 0 Å². The molecule has 0 bridgehead atoms. The van der Waals surface area contributed by atoms with Crippen LogP contribution in [0.1, 0.15) is 12.6 Å². The van der Waals surface area contributed by atoms with E-state index in [1.807, 2.05) is 0 Å². The summed E-state index contributed by atoms with van der Waals surface area (Å²) in [6, 6.07) is 0. The van der Waals surface area contributed by atoms with Crippen LogP contribution in [0.25, 0.3) is 21.6 Å². The van der Waals surface area contributed by atoms with Gasteiger partial charge >= 0.3 is 23.5 Å². The fourth-order valence-corrected chi connectivity index (χ4v) is 5.93. The van der Waals surface area contributed by atoms with E-state index in [4.69, 9.17) is 24.8 Å². The smallest absolute Gasteiger partial charge is 0.369 e. The molecule has 3 rings (SSSR count). The molecular weight excluding hydrogens is 531 g/mol. The second kappa shape index (κ2) is 10.3. The number of phosphoric ester groups is 1. The molecule has 20 nitrogen and oxygen atoms in total. The largest absolute Gasteiger partial charge is 0.490 e. The number of aromatic amines is 1. The molecule has 0 spiro atoms.